The van der Waals surface area contributed by atoms with Gasteiger partial charge in [0.25, 0.3) is 15.9 Å². The largest absolute Gasteiger partial charge is 0.465 e. The fourth-order valence-electron chi connectivity index (χ4n) is 3.57. The van der Waals surface area contributed by atoms with Gasteiger partial charge >= 0.3 is 5.97 Å². The highest BCUT2D eigenvalue weighted by Crippen LogP contribution is 2.21. The molecule has 11 heteroatoms. The van der Waals surface area contributed by atoms with Crippen LogP contribution in [0.3, 0.4) is 0 Å². The van der Waals surface area contributed by atoms with E-state index in [9.17, 15) is 18.0 Å². The van der Waals surface area contributed by atoms with Gasteiger partial charge in [-0.2, -0.15) is 4.99 Å². The Bertz CT molecular complexity index is 1620. The van der Waals surface area contributed by atoms with E-state index in [1.54, 1.807) is 11.5 Å². The van der Waals surface area contributed by atoms with Crippen LogP contribution in [0.5, 0.6) is 0 Å². The van der Waals surface area contributed by atoms with E-state index in [0.29, 0.717) is 9.82 Å². The summed E-state index contributed by atoms with van der Waals surface area (Å²) in [7, 11) is -3.82. The molecule has 0 aliphatic rings. The minimum Gasteiger partial charge on any atom is -0.465 e. The molecule has 0 aliphatic heterocycles. The molecule has 8 nitrogen and oxygen atoms in total. The van der Waals surface area contributed by atoms with Crippen molar-refractivity contribution < 1.29 is 22.7 Å². The SMILES string of the molecule is CCOC(=O)Cn1c(=NC(=O)c2ccc(NS(=O)(=O)c3ccc(Cl)cc3)cc2)sc2cc(CC)ccc21. The van der Waals surface area contributed by atoms with E-state index < -0.39 is 21.9 Å². The van der Waals surface area contributed by atoms with Crippen molar-refractivity contribution in [1.29, 1.82) is 0 Å². The zero-order valence-corrected chi connectivity index (χ0v) is 22.5. The first-order valence-corrected chi connectivity index (χ1v) is 14.1. The molecule has 192 valence electrons. The maximum Gasteiger partial charge on any atom is 0.326 e. The first-order chi connectivity index (χ1) is 17.7. The number of aryl methyl sites for hydroxylation is 1. The lowest BCUT2D eigenvalue weighted by atomic mass is 10.2. The van der Waals surface area contributed by atoms with E-state index >= 15 is 0 Å². The summed E-state index contributed by atoms with van der Waals surface area (Å²) in [6.45, 7) is 3.96. The number of anilines is 1. The van der Waals surface area contributed by atoms with E-state index in [1.807, 2.05) is 18.2 Å². The number of halogens is 1. The van der Waals surface area contributed by atoms with E-state index in [2.05, 4.69) is 16.6 Å². The molecule has 0 radical (unpaired) electrons. The highest BCUT2D eigenvalue weighted by atomic mass is 35.5. The molecule has 0 saturated heterocycles. The minimum absolute atomic E-state index is 0.0641. The van der Waals surface area contributed by atoms with Gasteiger partial charge in [-0.15, -0.1) is 0 Å². The van der Waals surface area contributed by atoms with Crippen molar-refractivity contribution >= 4 is 60.7 Å². The highest BCUT2D eigenvalue weighted by molar-refractivity contribution is 7.92. The molecule has 0 saturated carbocycles. The van der Waals surface area contributed by atoms with Crippen LogP contribution in [0.2, 0.25) is 5.02 Å². The van der Waals surface area contributed by atoms with Crippen LogP contribution in [0, 0.1) is 0 Å². The molecular formula is C26H24ClN3O5S2. The summed E-state index contributed by atoms with van der Waals surface area (Å²) in [4.78, 5) is 29.9. The van der Waals surface area contributed by atoms with Gasteiger partial charge in [0.05, 0.1) is 21.7 Å². The second-order valence-corrected chi connectivity index (χ2v) is 11.1. The molecule has 4 rings (SSSR count). The smallest absolute Gasteiger partial charge is 0.326 e. The van der Waals surface area contributed by atoms with Gasteiger partial charge in [-0.1, -0.05) is 35.9 Å². The van der Waals surface area contributed by atoms with Crippen LogP contribution in [0.25, 0.3) is 10.2 Å². The normalized spacial score (nSPS) is 12.0. The third-order valence-electron chi connectivity index (χ3n) is 5.45. The summed E-state index contributed by atoms with van der Waals surface area (Å²) in [6, 6.07) is 17.7. The van der Waals surface area contributed by atoms with Crippen molar-refractivity contribution in [2.24, 2.45) is 4.99 Å². The molecule has 4 aromatic rings. The standard InChI is InChI=1S/C26H24ClN3O5S2/c1-3-17-5-14-22-23(15-17)36-26(30(22)16-24(31)35-4-2)28-25(32)18-6-10-20(11-7-18)29-37(33,34)21-12-8-19(27)9-13-21/h5-15,29H,3-4,16H2,1-2H3. The summed E-state index contributed by atoms with van der Waals surface area (Å²) in [5.41, 5.74) is 2.47. The Morgan fingerprint density at radius 2 is 1.73 bits per heavy atom. The van der Waals surface area contributed by atoms with Crippen molar-refractivity contribution in [2.45, 2.75) is 31.7 Å². The third-order valence-corrected chi connectivity index (χ3v) is 8.14. The van der Waals surface area contributed by atoms with Gasteiger partial charge in [-0.25, -0.2) is 8.42 Å². The van der Waals surface area contributed by atoms with E-state index in [1.165, 1.54) is 59.9 Å². The molecule has 0 unspecified atom stereocenters. The predicted octanol–water partition coefficient (Wildman–Crippen LogP) is 5.02. The molecule has 0 bridgehead atoms. The lowest BCUT2D eigenvalue weighted by Gasteiger charge is -2.08. The van der Waals surface area contributed by atoms with Crippen LogP contribution >= 0.6 is 22.9 Å². The second-order valence-electron chi connectivity index (χ2n) is 7.99. The molecule has 0 atom stereocenters. The Hall–Kier alpha value is -3.47. The number of esters is 1. The predicted molar refractivity (Wildman–Crippen MR) is 144 cm³/mol. The number of ether oxygens (including phenoxy) is 1. The number of benzene rings is 3. The molecule has 0 fully saturated rings. The maximum absolute atomic E-state index is 13.0. The van der Waals surface area contributed by atoms with Gasteiger partial charge in [0.15, 0.2) is 4.80 Å². The number of hydrogen-bond acceptors (Lipinski definition) is 6. The number of aromatic nitrogens is 1. The lowest BCUT2D eigenvalue weighted by molar-refractivity contribution is -0.143. The van der Waals surface area contributed by atoms with Crippen molar-refractivity contribution in [2.75, 3.05) is 11.3 Å². The van der Waals surface area contributed by atoms with Crippen LogP contribution in [-0.2, 0) is 32.5 Å². The Kier molecular flexibility index (Phi) is 8.11. The quantitative estimate of drug-likeness (QED) is 0.306. The first kappa shape index (κ1) is 26.6. The van der Waals surface area contributed by atoms with Gasteiger partial charge in [-0.3, -0.25) is 14.3 Å². The number of carbonyl (C=O) groups excluding carboxylic acids is 2. The Balaban J connectivity index is 1.62. The number of fused-ring (bicyclic) bond motifs is 1. The average Bonchev–Trinajstić information content (AvgIpc) is 3.20. The van der Waals surface area contributed by atoms with E-state index in [4.69, 9.17) is 16.3 Å². The highest BCUT2D eigenvalue weighted by Gasteiger charge is 2.16. The van der Waals surface area contributed by atoms with E-state index in [0.717, 1.165) is 22.2 Å². The fraction of sp³-hybridized carbons (Fsp3) is 0.192. The number of amides is 1. The number of hydrogen-bond donors (Lipinski definition) is 1. The molecule has 1 aromatic heterocycles. The van der Waals surface area contributed by atoms with E-state index in [-0.39, 0.29) is 29.3 Å². The summed E-state index contributed by atoms with van der Waals surface area (Å²) in [6.07, 6.45) is 0.852. The Labute approximate surface area is 223 Å². The van der Waals surface area contributed by atoms with Crippen LogP contribution in [-0.4, -0.2) is 31.5 Å². The third kappa shape index (κ3) is 6.27. The van der Waals surface area contributed by atoms with Gasteiger partial charge in [0, 0.05) is 16.3 Å². The fourth-order valence-corrected chi connectivity index (χ4v) is 5.85. The number of nitrogens with zero attached hydrogens (tertiary/aromatic N) is 2. The van der Waals surface area contributed by atoms with Crippen molar-refractivity contribution in [1.82, 2.24) is 4.57 Å². The maximum atomic E-state index is 13.0. The minimum atomic E-state index is -3.82. The summed E-state index contributed by atoms with van der Waals surface area (Å²) < 4.78 is 35.3. The molecule has 0 aliphatic carbocycles. The summed E-state index contributed by atoms with van der Waals surface area (Å²) >= 11 is 7.15. The number of thiazole rings is 1. The van der Waals surface area contributed by atoms with Crippen LogP contribution in [0.4, 0.5) is 5.69 Å². The van der Waals surface area contributed by atoms with Crippen molar-refractivity contribution in [3.8, 4) is 0 Å². The molecular weight excluding hydrogens is 534 g/mol. The molecule has 3 aromatic carbocycles. The molecule has 1 heterocycles. The van der Waals surface area contributed by atoms with Crippen LogP contribution in [0.15, 0.2) is 76.6 Å². The zero-order valence-electron chi connectivity index (χ0n) is 20.1. The summed E-state index contributed by atoms with van der Waals surface area (Å²) in [5.74, 6) is -0.944. The molecule has 37 heavy (non-hydrogen) atoms. The topological polar surface area (TPSA) is 107 Å². The van der Waals surface area contributed by atoms with Crippen LogP contribution in [0.1, 0.15) is 29.8 Å². The monoisotopic (exact) mass is 557 g/mol. The lowest BCUT2D eigenvalue weighted by Crippen LogP contribution is -2.23. The first-order valence-electron chi connectivity index (χ1n) is 11.5. The van der Waals surface area contributed by atoms with Gasteiger partial charge in [-0.05, 0) is 79.6 Å². The van der Waals surface area contributed by atoms with Gasteiger partial charge < -0.3 is 9.30 Å². The molecule has 0 spiro atoms. The number of sulfonamides is 1. The zero-order chi connectivity index (χ0) is 26.6. The Morgan fingerprint density at radius 1 is 1.03 bits per heavy atom. The number of carbonyl (C=O) groups is 2. The molecule has 1 amide bonds. The van der Waals surface area contributed by atoms with Crippen molar-refractivity contribution in [3.63, 3.8) is 0 Å². The average molecular weight is 558 g/mol. The Morgan fingerprint density at radius 3 is 2.38 bits per heavy atom. The number of rotatable bonds is 8. The molecule has 1 N–H and O–H groups in total. The van der Waals surface area contributed by atoms with Gasteiger partial charge in [0.2, 0.25) is 0 Å². The van der Waals surface area contributed by atoms with Gasteiger partial charge in [0.1, 0.15) is 6.54 Å². The summed E-state index contributed by atoms with van der Waals surface area (Å²) in [5, 5.41) is 0.429. The van der Waals surface area contributed by atoms with Crippen LogP contribution < -0.4 is 9.52 Å². The van der Waals surface area contributed by atoms with Crippen molar-refractivity contribution in [3.05, 3.63) is 87.7 Å². The number of nitrogens with one attached hydrogen (secondary N) is 1. The second kappa shape index (κ2) is 11.3.